The van der Waals surface area contributed by atoms with E-state index in [1.54, 1.807) is 0 Å². The second-order valence-electron chi connectivity index (χ2n) is 5.71. The van der Waals surface area contributed by atoms with Crippen LogP contribution in [0.1, 0.15) is 46.5 Å². The number of esters is 2. The van der Waals surface area contributed by atoms with E-state index < -0.39 is 7.26 Å². The van der Waals surface area contributed by atoms with Crippen molar-refractivity contribution < 1.29 is 19.1 Å². The predicted octanol–water partition coefficient (Wildman–Crippen LogP) is 3.09. The van der Waals surface area contributed by atoms with Crippen LogP contribution in [0.15, 0.2) is 0 Å². The van der Waals surface area contributed by atoms with Crippen molar-refractivity contribution in [2.75, 3.05) is 31.7 Å². The molecule has 0 aliphatic carbocycles. The van der Waals surface area contributed by atoms with Crippen LogP contribution in [0.2, 0.25) is 0 Å². The van der Waals surface area contributed by atoms with Crippen LogP contribution < -0.4 is 0 Å². The van der Waals surface area contributed by atoms with Crippen molar-refractivity contribution in [3.05, 3.63) is 0 Å². The lowest BCUT2D eigenvalue weighted by Crippen LogP contribution is -2.17. The highest BCUT2D eigenvalue weighted by Crippen LogP contribution is 2.77. The molecule has 0 aromatic rings. The minimum Gasteiger partial charge on any atom is -0.463 e. The maximum absolute atomic E-state index is 11.8. The van der Waals surface area contributed by atoms with Gasteiger partial charge in [-0.05, 0) is 19.8 Å². The fourth-order valence-electron chi connectivity index (χ4n) is 2.24. The van der Waals surface area contributed by atoms with Crippen LogP contribution in [-0.4, -0.2) is 49.3 Å². The zero-order valence-electron chi connectivity index (χ0n) is 13.0. The average molecular weight is 303 g/mol. The first-order valence-corrected chi connectivity index (χ1v) is 10.1. The molecule has 1 saturated heterocycles. The Morgan fingerprint density at radius 3 is 1.70 bits per heavy atom. The van der Waals surface area contributed by atoms with Gasteiger partial charge in [0.1, 0.15) is 5.66 Å². The van der Waals surface area contributed by atoms with Gasteiger partial charge in [-0.1, -0.05) is 26.7 Å². The van der Waals surface area contributed by atoms with Gasteiger partial charge < -0.3 is 9.47 Å². The van der Waals surface area contributed by atoms with E-state index in [0.717, 1.165) is 31.8 Å². The molecule has 1 rings (SSSR count). The quantitative estimate of drug-likeness (QED) is 0.353. The number of carbonyl (C=O) groups is 2. The van der Waals surface area contributed by atoms with Crippen molar-refractivity contribution in [1.29, 1.82) is 0 Å². The van der Waals surface area contributed by atoms with Crippen LogP contribution >= 0.6 is 7.26 Å². The number of rotatable bonds is 10. The topological polar surface area (TPSA) is 52.6 Å². The third kappa shape index (κ3) is 5.78. The summed E-state index contributed by atoms with van der Waals surface area (Å²) in [5, 5.41) is 0. The van der Waals surface area contributed by atoms with Crippen molar-refractivity contribution in [2.45, 2.75) is 52.1 Å². The molecule has 1 aliphatic heterocycles. The molecule has 20 heavy (non-hydrogen) atoms. The molecule has 0 aromatic carbocycles. The molecule has 5 heteroatoms. The lowest BCUT2D eigenvalue weighted by atomic mass is 10.4. The molecule has 0 N–H and O–H groups in total. The van der Waals surface area contributed by atoms with Gasteiger partial charge in [0.25, 0.3) is 0 Å². The number of unbranched alkanes of at least 4 members (excludes halogenated alkanes) is 2. The molecule has 1 heterocycles. The van der Waals surface area contributed by atoms with Crippen LogP contribution in [-0.2, 0) is 19.1 Å². The van der Waals surface area contributed by atoms with Crippen molar-refractivity contribution in [2.24, 2.45) is 0 Å². The van der Waals surface area contributed by atoms with Crippen LogP contribution in [0, 0.1) is 0 Å². The molecule has 0 unspecified atom stereocenters. The number of hydrogen-bond donors (Lipinski definition) is 0. The second kappa shape index (κ2) is 8.61. The van der Waals surface area contributed by atoms with Gasteiger partial charge >= 0.3 is 11.9 Å². The van der Waals surface area contributed by atoms with Gasteiger partial charge in [0, 0.05) is 7.26 Å². The largest absolute Gasteiger partial charge is 0.463 e. The molecule has 0 aromatic heterocycles. The summed E-state index contributed by atoms with van der Waals surface area (Å²) in [6.07, 6.45) is 5.80. The minimum atomic E-state index is -1.44. The van der Waals surface area contributed by atoms with Gasteiger partial charge in [0.2, 0.25) is 0 Å². The summed E-state index contributed by atoms with van der Waals surface area (Å²) in [6.45, 7) is 7.27. The van der Waals surface area contributed by atoms with E-state index in [1.807, 2.05) is 0 Å². The van der Waals surface area contributed by atoms with Crippen molar-refractivity contribution >= 4 is 19.2 Å². The van der Waals surface area contributed by atoms with Crippen LogP contribution in [0.25, 0.3) is 0 Å². The summed E-state index contributed by atoms with van der Waals surface area (Å²) in [7, 11) is -1.44. The smallest absolute Gasteiger partial charge is 0.343 e. The Bertz CT molecular complexity index is 306. The summed E-state index contributed by atoms with van der Waals surface area (Å²) in [5.74, 6) is -0.255. The average Bonchev–Trinajstić information content (AvgIpc) is 2.99. The summed E-state index contributed by atoms with van der Waals surface area (Å²) < 4.78 is 10.4. The Morgan fingerprint density at radius 1 is 1.00 bits per heavy atom. The van der Waals surface area contributed by atoms with Crippen molar-refractivity contribution in [3.63, 3.8) is 0 Å². The molecule has 0 bridgehead atoms. The van der Waals surface area contributed by atoms with E-state index in [0.29, 0.717) is 31.2 Å². The predicted molar refractivity (Wildman–Crippen MR) is 82.7 cm³/mol. The van der Waals surface area contributed by atoms with Gasteiger partial charge in [-0.2, -0.15) is 0 Å². The van der Waals surface area contributed by atoms with E-state index in [-0.39, 0.29) is 11.9 Å². The lowest BCUT2D eigenvalue weighted by molar-refractivity contribution is -0.140. The van der Waals surface area contributed by atoms with Crippen LogP contribution in [0.5, 0.6) is 0 Å². The van der Waals surface area contributed by atoms with Gasteiger partial charge in [-0.15, -0.1) is 0 Å². The van der Waals surface area contributed by atoms with E-state index in [9.17, 15) is 9.59 Å². The molecule has 0 saturated carbocycles. The molecule has 4 nitrogen and oxygen atoms in total. The first-order chi connectivity index (χ1) is 9.54. The van der Waals surface area contributed by atoms with E-state index >= 15 is 0 Å². The zero-order valence-corrected chi connectivity index (χ0v) is 13.9. The van der Waals surface area contributed by atoms with E-state index in [2.05, 4.69) is 20.8 Å². The molecular weight excluding hydrogens is 275 g/mol. The molecule has 116 valence electrons. The van der Waals surface area contributed by atoms with Crippen molar-refractivity contribution in [3.8, 4) is 0 Å². The highest BCUT2D eigenvalue weighted by Gasteiger charge is 2.63. The molecule has 0 radical (unpaired) electrons. The first-order valence-electron chi connectivity index (χ1n) is 7.71. The first kappa shape index (κ1) is 17.4. The fourth-order valence-corrected chi connectivity index (χ4v) is 6.10. The number of ether oxygens (including phenoxy) is 2. The number of carbonyl (C=O) groups excluding carboxylic acids is 2. The summed E-state index contributed by atoms with van der Waals surface area (Å²) in [5.41, 5.74) is 0.514. The summed E-state index contributed by atoms with van der Waals surface area (Å²) in [4.78, 5) is 23.6. The summed E-state index contributed by atoms with van der Waals surface area (Å²) >= 11 is 0. The van der Waals surface area contributed by atoms with Gasteiger partial charge in [0.15, 0.2) is 12.3 Å². The Morgan fingerprint density at radius 2 is 1.40 bits per heavy atom. The summed E-state index contributed by atoms with van der Waals surface area (Å²) in [6, 6.07) is 0. The van der Waals surface area contributed by atoms with Gasteiger partial charge in [0.05, 0.1) is 19.4 Å². The van der Waals surface area contributed by atoms with E-state index in [1.165, 1.54) is 0 Å². The molecule has 1 aliphatic rings. The van der Waals surface area contributed by atoms with E-state index in [4.69, 9.17) is 9.47 Å². The molecular formula is C15H28O4P+. The van der Waals surface area contributed by atoms with Gasteiger partial charge in [-0.3, -0.25) is 0 Å². The fraction of sp³-hybridized carbons (Fsp3) is 0.867. The third-order valence-corrected chi connectivity index (χ3v) is 8.47. The highest BCUT2D eigenvalue weighted by molar-refractivity contribution is 7.85. The zero-order chi connectivity index (χ0) is 15.0. The maximum Gasteiger partial charge on any atom is 0.343 e. The van der Waals surface area contributed by atoms with Gasteiger partial charge in [-0.25, -0.2) is 9.59 Å². The Labute approximate surface area is 122 Å². The molecule has 0 spiro atoms. The second-order valence-corrected chi connectivity index (χ2v) is 10.0. The SMILES string of the molecule is CCCCOC(=O)C[P+]1(CC(=O)OCCCC)C[C@@H]1C. The van der Waals surface area contributed by atoms with Crippen molar-refractivity contribution in [1.82, 2.24) is 0 Å². The Kier molecular flexibility index (Phi) is 7.50. The maximum atomic E-state index is 11.8. The monoisotopic (exact) mass is 303 g/mol. The highest BCUT2D eigenvalue weighted by atomic mass is 31.2. The van der Waals surface area contributed by atoms with Crippen LogP contribution in [0.3, 0.4) is 0 Å². The Balaban J connectivity index is 2.32. The van der Waals surface area contributed by atoms with Crippen LogP contribution in [0.4, 0.5) is 0 Å². The standard InChI is InChI=1S/C15H28O4P/c1-4-6-8-18-14(16)11-20(10-13(20)3)12-15(17)19-9-7-5-2/h13H,4-12H2,1-3H3/q+1/t13-/m0/s1. The molecule has 1 atom stereocenters. The molecule has 1 fully saturated rings. The number of hydrogen-bond acceptors (Lipinski definition) is 4. The normalized spacial score (nSPS) is 19.4. The minimum absolute atomic E-state index is 0.127. The third-order valence-electron chi connectivity index (χ3n) is 3.84. The lowest BCUT2D eigenvalue weighted by Gasteiger charge is -2.10. The molecule has 0 amide bonds. The Hall–Kier alpha value is -0.630.